The van der Waals surface area contributed by atoms with E-state index in [0.717, 1.165) is 56.9 Å². The molecule has 2 heterocycles. The van der Waals surface area contributed by atoms with Gasteiger partial charge >= 0.3 is 6.03 Å². The van der Waals surface area contributed by atoms with Gasteiger partial charge in [-0.3, -0.25) is 20.1 Å². The number of carbonyl (C=O) groups excluding carboxylic acids is 1. The van der Waals surface area contributed by atoms with E-state index in [-0.39, 0.29) is 24.0 Å². The Balaban J connectivity index is 1.37. The van der Waals surface area contributed by atoms with E-state index in [1.165, 1.54) is 37.0 Å². The van der Waals surface area contributed by atoms with Gasteiger partial charge in [-0.25, -0.2) is 9.18 Å². The van der Waals surface area contributed by atoms with Crippen LogP contribution >= 0.6 is 0 Å². The van der Waals surface area contributed by atoms with Gasteiger partial charge < -0.3 is 10.5 Å². The van der Waals surface area contributed by atoms with Crippen LogP contribution in [0, 0.1) is 5.82 Å². The highest BCUT2D eigenvalue weighted by Crippen LogP contribution is 2.39. The number of aliphatic imine (C=N–C) groups is 1. The Bertz CT molecular complexity index is 1120. The van der Waals surface area contributed by atoms with Crippen LogP contribution in [-0.4, -0.2) is 54.1 Å². The van der Waals surface area contributed by atoms with Crippen molar-refractivity contribution in [2.75, 3.05) is 24.5 Å². The number of amides is 2. The highest BCUT2D eigenvalue weighted by Gasteiger charge is 2.53. The Morgan fingerprint density at radius 2 is 1.89 bits per heavy atom. The van der Waals surface area contributed by atoms with Crippen LogP contribution in [0.4, 0.5) is 14.9 Å². The van der Waals surface area contributed by atoms with Gasteiger partial charge in [0.05, 0.1) is 6.04 Å². The number of urea groups is 1. The highest BCUT2D eigenvalue weighted by molar-refractivity contribution is 6.19. The topological polar surface area (TPSA) is 83.2 Å². The number of nitrogens with one attached hydrogen (secondary N) is 1. The maximum atomic E-state index is 14.2. The van der Waals surface area contributed by atoms with Crippen molar-refractivity contribution < 1.29 is 13.9 Å². The average molecular weight is 508 g/mol. The van der Waals surface area contributed by atoms with Crippen molar-refractivity contribution in [3.8, 4) is 5.75 Å². The van der Waals surface area contributed by atoms with Crippen molar-refractivity contribution in [3.63, 3.8) is 0 Å². The maximum Gasteiger partial charge on any atom is 0.328 e. The van der Waals surface area contributed by atoms with Crippen LogP contribution in [0.2, 0.25) is 0 Å². The molecule has 0 bridgehead atoms. The van der Waals surface area contributed by atoms with E-state index in [2.05, 4.69) is 22.3 Å². The van der Waals surface area contributed by atoms with Gasteiger partial charge in [0.2, 0.25) is 0 Å². The van der Waals surface area contributed by atoms with Gasteiger partial charge in [0.1, 0.15) is 29.0 Å². The molecule has 1 saturated carbocycles. The van der Waals surface area contributed by atoms with Crippen LogP contribution < -0.4 is 20.7 Å². The first-order valence-corrected chi connectivity index (χ1v) is 13.6. The number of piperidine rings is 1. The van der Waals surface area contributed by atoms with Crippen molar-refractivity contribution in [1.82, 2.24) is 10.2 Å². The summed E-state index contributed by atoms with van der Waals surface area (Å²) in [5.74, 6) is 1.25. The summed E-state index contributed by atoms with van der Waals surface area (Å²) in [4.78, 5) is 22.6. The Morgan fingerprint density at radius 1 is 1.14 bits per heavy atom. The smallest absolute Gasteiger partial charge is 0.328 e. The van der Waals surface area contributed by atoms with E-state index >= 15 is 0 Å². The molecule has 37 heavy (non-hydrogen) atoms. The normalized spacial score (nSPS) is 22.4. The molecule has 1 unspecified atom stereocenters. The quantitative estimate of drug-likeness (QED) is 0.561. The summed E-state index contributed by atoms with van der Waals surface area (Å²) in [5.41, 5.74) is 6.89. The number of halogens is 1. The zero-order valence-corrected chi connectivity index (χ0v) is 21.7. The van der Waals surface area contributed by atoms with Gasteiger partial charge in [0, 0.05) is 31.9 Å². The molecular formula is C29H38FN5O2. The molecular weight excluding hydrogens is 469 g/mol. The summed E-state index contributed by atoms with van der Waals surface area (Å²) >= 11 is 0. The molecule has 3 aliphatic rings. The summed E-state index contributed by atoms with van der Waals surface area (Å²) in [6.07, 6.45) is 7.15. The monoisotopic (exact) mass is 507 g/mol. The minimum absolute atomic E-state index is 0.0341. The Kier molecular flexibility index (Phi) is 7.76. The molecule has 1 aliphatic carbocycles. The van der Waals surface area contributed by atoms with E-state index in [4.69, 9.17) is 15.5 Å². The summed E-state index contributed by atoms with van der Waals surface area (Å²) in [6, 6.07) is 14.5. The predicted octanol–water partition coefficient (Wildman–Crippen LogP) is 4.85. The largest absolute Gasteiger partial charge is 0.489 e. The lowest BCUT2D eigenvalue weighted by Crippen LogP contribution is -2.57. The van der Waals surface area contributed by atoms with E-state index in [1.54, 1.807) is 11.0 Å². The number of rotatable bonds is 7. The number of hydrogen-bond donors (Lipinski definition) is 2. The Labute approximate surface area is 218 Å². The van der Waals surface area contributed by atoms with Crippen molar-refractivity contribution >= 4 is 17.6 Å². The molecule has 3 fully saturated rings. The highest BCUT2D eigenvalue weighted by atomic mass is 19.1. The standard InChI is InChI=1S/C29H38FN5O2/c1-21(19-31)37-26-12-5-7-22(17-26)20-34-15-13-29(14-16-34)27(32-24-9-3-2-4-10-24)33-28(36)35(29)25-11-6-8-23(30)18-25/h5-8,11-12,17-18,21,24H,2-4,9-10,13-16,19-20,31H2,1H3,(H,32,33,36). The number of likely N-dealkylation sites (tertiary alicyclic amines) is 1. The lowest BCUT2D eigenvalue weighted by Gasteiger charge is -2.44. The summed E-state index contributed by atoms with van der Waals surface area (Å²) < 4.78 is 20.1. The first kappa shape index (κ1) is 25.7. The van der Waals surface area contributed by atoms with E-state index in [1.807, 2.05) is 25.1 Å². The Hall–Kier alpha value is -2.97. The molecule has 7 nitrogen and oxygen atoms in total. The van der Waals surface area contributed by atoms with Gasteiger partial charge in [-0.15, -0.1) is 0 Å². The third-order valence-corrected chi connectivity index (χ3v) is 7.91. The van der Waals surface area contributed by atoms with Gasteiger partial charge in [-0.05, 0) is 68.5 Å². The van der Waals surface area contributed by atoms with E-state index in [9.17, 15) is 9.18 Å². The van der Waals surface area contributed by atoms with Crippen molar-refractivity contribution in [2.24, 2.45) is 10.7 Å². The summed E-state index contributed by atoms with van der Waals surface area (Å²) in [7, 11) is 0. The number of nitrogens with zero attached hydrogens (tertiary/aromatic N) is 3. The van der Waals surface area contributed by atoms with Crippen LogP contribution in [0.3, 0.4) is 0 Å². The predicted molar refractivity (Wildman–Crippen MR) is 145 cm³/mol. The van der Waals surface area contributed by atoms with Gasteiger partial charge in [0.15, 0.2) is 0 Å². The summed E-state index contributed by atoms with van der Waals surface area (Å²) in [6.45, 7) is 4.83. The number of benzene rings is 2. The Morgan fingerprint density at radius 3 is 2.62 bits per heavy atom. The fourth-order valence-corrected chi connectivity index (χ4v) is 5.90. The first-order chi connectivity index (χ1) is 18.0. The lowest BCUT2D eigenvalue weighted by molar-refractivity contribution is 0.183. The molecule has 2 saturated heterocycles. The van der Waals surface area contributed by atoms with Crippen LogP contribution in [0.25, 0.3) is 0 Å². The zero-order chi connectivity index (χ0) is 25.8. The molecule has 0 aromatic heterocycles. The van der Waals surface area contributed by atoms with Crippen LogP contribution in [0.15, 0.2) is 53.5 Å². The number of anilines is 1. The van der Waals surface area contributed by atoms with Crippen molar-refractivity contribution in [3.05, 3.63) is 59.9 Å². The molecule has 1 atom stereocenters. The molecule has 5 rings (SSSR count). The number of carbonyl (C=O) groups is 1. The molecule has 0 radical (unpaired) electrons. The molecule has 198 valence electrons. The summed E-state index contributed by atoms with van der Waals surface area (Å²) in [5, 5.41) is 3.09. The van der Waals surface area contributed by atoms with Crippen LogP contribution in [0.5, 0.6) is 5.75 Å². The third-order valence-electron chi connectivity index (χ3n) is 7.91. The van der Waals surface area contributed by atoms with E-state index < -0.39 is 5.54 Å². The van der Waals surface area contributed by atoms with Gasteiger partial charge in [-0.1, -0.05) is 37.5 Å². The second kappa shape index (κ2) is 11.2. The SMILES string of the molecule is CC(CN)Oc1cccc(CN2CCC3(CC2)C(=NC2CCCCC2)NC(=O)N3c2cccc(F)c2)c1. The van der Waals surface area contributed by atoms with Crippen LogP contribution in [0.1, 0.15) is 57.4 Å². The molecule has 1 spiro atoms. The number of amidine groups is 1. The molecule has 2 aromatic carbocycles. The zero-order valence-electron chi connectivity index (χ0n) is 21.7. The molecule has 2 aromatic rings. The minimum atomic E-state index is -0.583. The minimum Gasteiger partial charge on any atom is -0.489 e. The fraction of sp³-hybridized carbons (Fsp3) is 0.517. The van der Waals surface area contributed by atoms with Crippen molar-refractivity contribution in [1.29, 1.82) is 0 Å². The third kappa shape index (κ3) is 5.65. The van der Waals surface area contributed by atoms with Gasteiger partial charge in [-0.2, -0.15) is 0 Å². The second-order valence-corrected chi connectivity index (χ2v) is 10.6. The lowest BCUT2D eigenvalue weighted by atomic mass is 9.84. The number of hydrogen-bond acceptors (Lipinski definition) is 5. The molecule has 8 heteroatoms. The van der Waals surface area contributed by atoms with Crippen molar-refractivity contribution in [2.45, 2.75) is 76.1 Å². The number of ether oxygens (including phenoxy) is 1. The van der Waals surface area contributed by atoms with E-state index in [0.29, 0.717) is 12.2 Å². The fourth-order valence-electron chi connectivity index (χ4n) is 5.90. The average Bonchev–Trinajstić information content (AvgIpc) is 3.16. The molecule has 3 N–H and O–H groups in total. The first-order valence-electron chi connectivity index (χ1n) is 13.6. The second-order valence-electron chi connectivity index (χ2n) is 10.6. The molecule has 2 aliphatic heterocycles. The van der Waals surface area contributed by atoms with Gasteiger partial charge in [0.25, 0.3) is 0 Å². The number of nitrogens with two attached hydrogens (primary N) is 1. The molecule has 2 amide bonds. The maximum absolute atomic E-state index is 14.2. The van der Waals surface area contributed by atoms with Crippen LogP contribution in [-0.2, 0) is 6.54 Å².